The van der Waals surface area contributed by atoms with Crippen LogP contribution in [0.25, 0.3) is 22.2 Å². The lowest BCUT2D eigenvalue weighted by molar-refractivity contribution is 0.475. The third kappa shape index (κ3) is 1.68. The molecule has 0 aliphatic rings. The smallest absolute Gasteiger partial charge is 0.148 e. The summed E-state index contributed by atoms with van der Waals surface area (Å²) in [5.74, 6) is -0.247. The van der Waals surface area contributed by atoms with Crippen molar-refractivity contribution in [1.82, 2.24) is 4.98 Å². The van der Waals surface area contributed by atoms with Crippen LogP contribution < -0.4 is 5.73 Å². The van der Waals surface area contributed by atoms with E-state index in [4.69, 9.17) is 5.73 Å². The molecule has 4 heteroatoms. The molecule has 0 spiro atoms. The minimum absolute atomic E-state index is 0.129. The van der Waals surface area contributed by atoms with Crippen molar-refractivity contribution in [3.8, 4) is 17.0 Å². The number of nitrogens with two attached hydrogens (primary N) is 1. The molecule has 2 aromatic carbocycles. The summed E-state index contributed by atoms with van der Waals surface area (Å²) in [6.45, 7) is 0. The summed E-state index contributed by atoms with van der Waals surface area (Å²) in [5.41, 5.74) is 7.99. The Morgan fingerprint density at radius 1 is 1.11 bits per heavy atom. The molecule has 3 aromatic rings. The molecule has 0 radical (unpaired) electrons. The maximum atomic E-state index is 13.3. The summed E-state index contributed by atoms with van der Waals surface area (Å²) in [6.07, 6.45) is 0. The van der Waals surface area contributed by atoms with Crippen LogP contribution in [0, 0.1) is 5.82 Å². The zero-order chi connectivity index (χ0) is 12.7. The van der Waals surface area contributed by atoms with Gasteiger partial charge >= 0.3 is 0 Å². The lowest BCUT2D eigenvalue weighted by Gasteiger charge is -1.98. The molecule has 0 bridgehead atoms. The Bertz CT molecular complexity index is 695. The van der Waals surface area contributed by atoms with Crippen LogP contribution >= 0.6 is 0 Å². The number of nitrogens with one attached hydrogen (secondary N) is 1. The summed E-state index contributed by atoms with van der Waals surface area (Å²) >= 11 is 0. The number of phenolic OH excluding ortho intramolecular Hbond substituents is 1. The standard InChI is InChI=1S/C14H11FN2O/c15-11-7-14-9(5-12(11)16)6-13(17-14)8-2-1-3-10(18)4-8/h1-7,17-18H,16H2. The van der Waals surface area contributed by atoms with E-state index in [0.29, 0.717) is 5.52 Å². The quantitative estimate of drug-likeness (QED) is 0.573. The Kier molecular flexibility index (Phi) is 2.23. The molecule has 0 saturated carbocycles. The van der Waals surface area contributed by atoms with Crippen molar-refractivity contribution in [3.63, 3.8) is 0 Å². The highest BCUT2D eigenvalue weighted by Crippen LogP contribution is 2.28. The molecule has 4 N–H and O–H groups in total. The highest BCUT2D eigenvalue weighted by molar-refractivity contribution is 5.88. The van der Waals surface area contributed by atoms with Crippen LogP contribution in [0.1, 0.15) is 0 Å². The molecule has 90 valence electrons. The average molecular weight is 242 g/mol. The SMILES string of the molecule is Nc1cc2cc(-c3cccc(O)c3)[nH]c2cc1F. The predicted octanol–water partition coefficient (Wildman–Crippen LogP) is 3.26. The van der Waals surface area contributed by atoms with Crippen molar-refractivity contribution in [2.45, 2.75) is 0 Å². The fourth-order valence-corrected chi connectivity index (χ4v) is 2.00. The minimum atomic E-state index is -0.438. The van der Waals surface area contributed by atoms with Crippen LogP contribution in [0.5, 0.6) is 5.75 Å². The number of hydrogen-bond donors (Lipinski definition) is 3. The van der Waals surface area contributed by atoms with Gasteiger partial charge in [-0.25, -0.2) is 4.39 Å². The van der Waals surface area contributed by atoms with Gasteiger partial charge in [0.2, 0.25) is 0 Å². The second kappa shape index (κ2) is 3.77. The van der Waals surface area contributed by atoms with E-state index >= 15 is 0 Å². The average Bonchev–Trinajstić information content (AvgIpc) is 2.73. The number of aromatic amines is 1. The van der Waals surface area contributed by atoms with Gasteiger partial charge < -0.3 is 15.8 Å². The largest absolute Gasteiger partial charge is 0.508 e. The van der Waals surface area contributed by atoms with E-state index in [2.05, 4.69) is 4.98 Å². The normalized spacial score (nSPS) is 10.9. The monoisotopic (exact) mass is 242 g/mol. The topological polar surface area (TPSA) is 62.0 Å². The fraction of sp³-hybridized carbons (Fsp3) is 0. The number of halogens is 1. The maximum Gasteiger partial charge on any atom is 0.148 e. The first kappa shape index (κ1) is 10.7. The van der Waals surface area contributed by atoms with Crippen molar-refractivity contribution in [3.05, 3.63) is 48.3 Å². The Hall–Kier alpha value is -2.49. The number of benzene rings is 2. The molecule has 3 nitrogen and oxygen atoms in total. The van der Waals surface area contributed by atoms with Crippen LogP contribution in [-0.4, -0.2) is 10.1 Å². The Labute approximate surface area is 103 Å². The van der Waals surface area contributed by atoms with Gasteiger partial charge in [-0.2, -0.15) is 0 Å². The van der Waals surface area contributed by atoms with Gasteiger partial charge in [0.25, 0.3) is 0 Å². The van der Waals surface area contributed by atoms with E-state index in [1.165, 1.54) is 6.07 Å². The third-order valence-electron chi connectivity index (χ3n) is 2.90. The summed E-state index contributed by atoms with van der Waals surface area (Å²) in [6, 6.07) is 11.7. The molecule has 0 atom stereocenters. The van der Waals surface area contributed by atoms with Gasteiger partial charge in [-0.15, -0.1) is 0 Å². The van der Waals surface area contributed by atoms with Crippen LogP contribution in [0.4, 0.5) is 10.1 Å². The maximum absolute atomic E-state index is 13.3. The fourth-order valence-electron chi connectivity index (χ4n) is 2.00. The van der Waals surface area contributed by atoms with Gasteiger partial charge in [0.1, 0.15) is 11.6 Å². The highest BCUT2D eigenvalue weighted by Gasteiger charge is 2.07. The van der Waals surface area contributed by atoms with Crippen LogP contribution in [-0.2, 0) is 0 Å². The molecule has 0 saturated heterocycles. The molecular formula is C14H11FN2O. The number of nitrogen functional groups attached to an aromatic ring is 1. The van der Waals surface area contributed by atoms with Crippen molar-refractivity contribution in [2.24, 2.45) is 0 Å². The van der Waals surface area contributed by atoms with Gasteiger partial charge in [0.05, 0.1) is 5.69 Å². The van der Waals surface area contributed by atoms with Crippen LogP contribution in [0.3, 0.4) is 0 Å². The number of fused-ring (bicyclic) bond motifs is 1. The Balaban J connectivity index is 2.19. The van der Waals surface area contributed by atoms with Gasteiger partial charge in [-0.05, 0) is 24.3 Å². The third-order valence-corrected chi connectivity index (χ3v) is 2.90. The van der Waals surface area contributed by atoms with Crippen LogP contribution in [0.15, 0.2) is 42.5 Å². The number of anilines is 1. The van der Waals surface area contributed by atoms with E-state index in [0.717, 1.165) is 16.6 Å². The number of rotatable bonds is 1. The van der Waals surface area contributed by atoms with Gasteiger partial charge in [-0.3, -0.25) is 0 Å². The summed E-state index contributed by atoms with van der Waals surface area (Å²) in [4.78, 5) is 3.10. The van der Waals surface area contributed by atoms with E-state index in [1.54, 1.807) is 24.3 Å². The lowest BCUT2D eigenvalue weighted by atomic mass is 10.1. The predicted molar refractivity (Wildman–Crippen MR) is 69.8 cm³/mol. The first-order valence-corrected chi connectivity index (χ1v) is 5.50. The van der Waals surface area contributed by atoms with E-state index in [9.17, 15) is 9.50 Å². The molecule has 18 heavy (non-hydrogen) atoms. The molecule has 3 rings (SSSR count). The van der Waals surface area contributed by atoms with Crippen LogP contribution in [0.2, 0.25) is 0 Å². The first-order valence-electron chi connectivity index (χ1n) is 5.50. The van der Waals surface area contributed by atoms with Gasteiger partial charge in [-0.1, -0.05) is 12.1 Å². The number of aromatic hydroxyl groups is 1. The second-order valence-electron chi connectivity index (χ2n) is 4.19. The molecule has 0 fully saturated rings. The van der Waals surface area contributed by atoms with Gasteiger partial charge in [0.15, 0.2) is 0 Å². The molecule has 1 heterocycles. The Morgan fingerprint density at radius 2 is 1.94 bits per heavy atom. The number of H-pyrrole nitrogens is 1. The zero-order valence-electron chi connectivity index (χ0n) is 9.44. The van der Waals surface area contributed by atoms with Gasteiger partial charge in [0, 0.05) is 28.2 Å². The lowest BCUT2D eigenvalue weighted by Crippen LogP contribution is -1.88. The summed E-state index contributed by atoms with van der Waals surface area (Å²) < 4.78 is 13.3. The van der Waals surface area contributed by atoms with Crippen molar-refractivity contribution >= 4 is 16.6 Å². The van der Waals surface area contributed by atoms with Crippen molar-refractivity contribution in [2.75, 3.05) is 5.73 Å². The van der Waals surface area contributed by atoms with E-state index in [-0.39, 0.29) is 11.4 Å². The first-order chi connectivity index (χ1) is 8.63. The van der Waals surface area contributed by atoms with Crippen molar-refractivity contribution < 1.29 is 9.50 Å². The van der Waals surface area contributed by atoms with E-state index in [1.807, 2.05) is 12.1 Å². The number of phenols is 1. The summed E-state index contributed by atoms with van der Waals surface area (Å²) in [5, 5.41) is 10.3. The summed E-state index contributed by atoms with van der Waals surface area (Å²) in [7, 11) is 0. The number of aromatic nitrogens is 1. The molecule has 1 aromatic heterocycles. The minimum Gasteiger partial charge on any atom is -0.508 e. The van der Waals surface area contributed by atoms with E-state index < -0.39 is 5.82 Å². The second-order valence-corrected chi connectivity index (χ2v) is 4.19. The van der Waals surface area contributed by atoms with Crippen molar-refractivity contribution in [1.29, 1.82) is 0 Å². The molecule has 0 aliphatic carbocycles. The Morgan fingerprint density at radius 3 is 2.72 bits per heavy atom. The molecular weight excluding hydrogens is 231 g/mol. The highest BCUT2D eigenvalue weighted by atomic mass is 19.1. The molecule has 0 amide bonds. The molecule has 0 unspecified atom stereocenters. The zero-order valence-corrected chi connectivity index (χ0v) is 9.44. The number of hydrogen-bond acceptors (Lipinski definition) is 2. The molecule has 0 aliphatic heterocycles.